The zero-order valence-electron chi connectivity index (χ0n) is 8.75. The number of ketones is 1. The molecule has 0 atom stereocenters. The lowest BCUT2D eigenvalue weighted by Crippen LogP contribution is -1.99. The summed E-state index contributed by atoms with van der Waals surface area (Å²) in [6, 6.07) is 0. The van der Waals surface area contributed by atoms with Gasteiger partial charge in [0.25, 0.3) is 0 Å². The standard InChI is InChI=1S/C12H20O/c1-10(2)9-12(13)8-7-11-5-3-4-6-11/h7-8,10-11H,3-6,9H2,1-2H3/b8-7+. The summed E-state index contributed by atoms with van der Waals surface area (Å²) >= 11 is 0. The molecule has 1 aliphatic rings. The van der Waals surface area contributed by atoms with Gasteiger partial charge in [-0.15, -0.1) is 0 Å². The number of hydrogen-bond acceptors (Lipinski definition) is 1. The van der Waals surface area contributed by atoms with Gasteiger partial charge in [-0.05, 0) is 30.8 Å². The van der Waals surface area contributed by atoms with Gasteiger partial charge in [-0.2, -0.15) is 0 Å². The molecule has 1 nitrogen and oxygen atoms in total. The highest BCUT2D eigenvalue weighted by Gasteiger charge is 2.11. The molecule has 0 radical (unpaired) electrons. The van der Waals surface area contributed by atoms with Gasteiger partial charge in [0.15, 0.2) is 5.78 Å². The zero-order valence-corrected chi connectivity index (χ0v) is 8.75. The van der Waals surface area contributed by atoms with Crippen LogP contribution in [-0.2, 0) is 4.79 Å². The third-order valence-electron chi connectivity index (χ3n) is 2.56. The number of carbonyl (C=O) groups is 1. The van der Waals surface area contributed by atoms with Crippen LogP contribution < -0.4 is 0 Å². The van der Waals surface area contributed by atoms with Crippen molar-refractivity contribution in [2.45, 2.75) is 46.0 Å². The normalized spacial score (nSPS) is 19.0. The summed E-state index contributed by atoms with van der Waals surface area (Å²) in [4.78, 5) is 11.3. The molecule has 0 bridgehead atoms. The Balaban J connectivity index is 2.25. The molecular formula is C12H20O. The van der Waals surface area contributed by atoms with Gasteiger partial charge < -0.3 is 0 Å². The molecule has 0 heterocycles. The summed E-state index contributed by atoms with van der Waals surface area (Å²) in [5, 5.41) is 0. The Morgan fingerprint density at radius 3 is 2.54 bits per heavy atom. The van der Waals surface area contributed by atoms with Gasteiger partial charge in [0.2, 0.25) is 0 Å². The van der Waals surface area contributed by atoms with Crippen molar-refractivity contribution in [1.82, 2.24) is 0 Å². The third kappa shape index (κ3) is 4.25. The molecule has 0 aromatic heterocycles. The van der Waals surface area contributed by atoms with Crippen LogP contribution in [0.4, 0.5) is 0 Å². The van der Waals surface area contributed by atoms with Crippen molar-refractivity contribution in [3.8, 4) is 0 Å². The van der Waals surface area contributed by atoms with E-state index in [1.807, 2.05) is 0 Å². The van der Waals surface area contributed by atoms with Crippen LogP contribution in [0.3, 0.4) is 0 Å². The van der Waals surface area contributed by atoms with Crippen LogP contribution in [0.2, 0.25) is 0 Å². The highest BCUT2D eigenvalue weighted by molar-refractivity contribution is 5.89. The van der Waals surface area contributed by atoms with Gasteiger partial charge in [0.05, 0.1) is 0 Å². The first kappa shape index (κ1) is 10.5. The monoisotopic (exact) mass is 180 g/mol. The Morgan fingerprint density at radius 2 is 2.00 bits per heavy atom. The highest BCUT2D eigenvalue weighted by Crippen LogP contribution is 2.25. The summed E-state index contributed by atoms with van der Waals surface area (Å²) in [7, 11) is 0. The molecule has 0 N–H and O–H groups in total. The second-order valence-electron chi connectivity index (χ2n) is 4.47. The maximum atomic E-state index is 11.3. The van der Waals surface area contributed by atoms with Crippen molar-refractivity contribution in [1.29, 1.82) is 0 Å². The van der Waals surface area contributed by atoms with Crippen LogP contribution in [-0.4, -0.2) is 5.78 Å². The molecule has 0 aromatic rings. The first-order valence-electron chi connectivity index (χ1n) is 5.39. The summed E-state index contributed by atoms with van der Waals surface area (Å²) in [5.74, 6) is 1.47. The third-order valence-corrected chi connectivity index (χ3v) is 2.56. The highest BCUT2D eigenvalue weighted by atomic mass is 16.1. The van der Waals surface area contributed by atoms with Crippen molar-refractivity contribution in [3.63, 3.8) is 0 Å². The predicted molar refractivity (Wildman–Crippen MR) is 55.6 cm³/mol. The molecule has 74 valence electrons. The largest absolute Gasteiger partial charge is 0.295 e. The minimum Gasteiger partial charge on any atom is -0.295 e. The second-order valence-corrected chi connectivity index (χ2v) is 4.47. The van der Waals surface area contributed by atoms with Crippen LogP contribution in [0.5, 0.6) is 0 Å². The lowest BCUT2D eigenvalue weighted by Gasteiger charge is -2.01. The van der Waals surface area contributed by atoms with Crippen LogP contribution in [0.1, 0.15) is 46.0 Å². The van der Waals surface area contributed by atoms with E-state index >= 15 is 0 Å². The molecule has 0 spiro atoms. The molecule has 1 saturated carbocycles. The number of allylic oxidation sites excluding steroid dienone is 2. The maximum absolute atomic E-state index is 11.3. The van der Waals surface area contributed by atoms with Gasteiger partial charge >= 0.3 is 0 Å². The molecule has 1 aliphatic carbocycles. The molecule has 0 amide bonds. The van der Waals surface area contributed by atoms with E-state index in [0.717, 1.165) is 0 Å². The number of carbonyl (C=O) groups excluding carboxylic acids is 1. The van der Waals surface area contributed by atoms with Crippen LogP contribution in [0, 0.1) is 11.8 Å². The van der Waals surface area contributed by atoms with E-state index in [2.05, 4.69) is 19.9 Å². The summed E-state index contributed by atoms with van der Waals surface area (Å²) in [6.45, 7) is 4.17. The van der Waals surface area contributed by atoms with Crippen molar-refractivity contribution in [2.75, 3.05) is 0 Å². The molecule has 0 unspecified atom stereocenters. The molecule has 0 aromatic carbocycles. The minimum atomic E-state index is 0.293. The quantitative estimate of drug-likeness (QED) is 0.606. The first-order valence-corrected chi connectivity index (χ1v) is 5.39. The maximum Gasteiger partial charge on any atom is 0.155 e. The Kier molecular flexibility index (Phi) is 4.20. The lowest BCUT2D eigenvalue weighted by molar-refractivity contribution is -0.115. The van der Waals surface area contributed by atoms with Gasteiger partial charge in [0.1, 0.15) is 0 Å². The predicted octanol–water partition coefficient (Wildman–Crippen LogP) is 3.35. The Labute approximate surface area is 81.2 Å². The Hall–Kier alpha value is -0.590. The molecule has 0 saturated heterocycles. The summed E-state index contributed by atoms with van der Waals surface area (Å²) in [6.07, 6.45) is 9.87. The van der Waals surface area contributed by atoms with Crippen molar-refractivity contribution >= 4 is 5.78 Å². The van der Waals surface area contributed by atoms with E-state index in [1.54, 1.807) is 6.08 Å². The smallest absolute Gasteiger partial charge is 0.155 e. The van der Waals surface area contributed by atoms with E-state index < -0.39 is 0 Å². The van der Waals surface area contributed by atoms with Crippen molar-refractivity contribution < 1.29 is 4.79 Å². The molecule has 1 fully saturated rings. The van der Waals surface area contributed by atoms with Crippen LogP contribution >= 0.6 is 0 Å². The van der Waals surface area contributed by atoms with Crippen LogP contribution in [0.25, 0.3) is 0 Å². The molecule has 1 rings (SSSR count). The van der Waals surface area contributed by atoms with Crippen molar-refractivity contribution in [3.05, 3.63) is 12.2 Å². The average Bonchev–Trinajstić information content (AvgIpc) is 2.51. The molecule has 13 heavy (non-hydrogen) atoms. The Bertz CT molecular complexity index is 185. The van der Waals surface area contributed by atoms with E-state index in [0.29, 0.717) is 24.0 Å². The van der Waals surface area contributed by atoms with Gasteiger partial charge in [-0.1, -0.05) is 32.8 Å². The average molecular weight is 180 g/mol. The second kappa shape index (κ2) is 5.21. The zero-order chi connectivity index (χ0) is 9.68. The van der Waals surface area contributed by atoms with E-state index in [-0.39, 0.29) is 0 Å². The van der Waals surface area contributed by atoms with E-state index in [4.69, 9.17) is 0 Å². The van der Waals surface area contributed by atoms with Crippen LogP contribution in [0.15, 0.2) is 12.2 Å². The summed E-state index contributed by atoms with van der Waals surface area (Å²) < 4.78 is 0. The fraction of sp³-hybridized carbons (Fsp3) is 0.750. The van der Waals surface area contributed by atoms with Gasteiger partial charge in [0, 0.05) is 6.42 Å². The van der Waals surface area contributed by atoms with Gasteiger partial charge in [-0.3, -0.25) is 4.79 Å². The fourth-order valence-corrected chi connectivity index (χ4v) is 1.86. The first-order chi connectivity index (χ1) is 6.18. The van der Waals surface area contributed by atoms with E-state index in [1.165, 1.54) is 25.7 Å². The minimum absolute atomic E-state index is 0.293. The van der Waals surface area contributed by atoms with Gasteiger partial charge in [-0.25, -0.2) is 0 Å². The fourth-order valence-electron chi connectivity index (χ4n) is 1.86. The number of hydrogen-bond donors (Lipinski definition) is 0. The molecular weight excluding hydrogens is 160 g/mol. The topological polar surface area (TPSA) is 17.1 Å². The SMILES string of the molecule is CC(C)CC(=O)/C=C/C1CCCC1. The molecule has 1 heteroatoms. The van der Waals surface area contributed by atoms with Crippen molar-refractivity contribution in [2.24, 2.45) is 11.8 Å². The van der Waals surface area contributed by atoms with E-state index in [9.17, 15) is 4.79 Å². The molecule has 0 aliphatic heterocycles. The summed E-state index contributed by atoms with van der Waals surface area (Å²) in [5.41, 5.74) is 0. The Morgan fingerprint density at radius 1 is 1.38 bits per heavy atom. The number of rotatable bonds is 4. The lowest BCUT2D eigenvalue weighted by atomic mass is 10.0.